The van der Waals surface area contributed by atoms with Crippen molar-refractivity contribution >= 4 is 60.0 Å². The lowest BCUT2D eigenvalue weighted by atomic mass is 9.95. The van der Waals surface area contributed by atoms with Crippen molar-refractivity contribution < 1.29 is 22.7 Å². The Morgan fingerprint density at radius 1 is 1.15 bits per heavy atom. The number of benzene rings is 1. The molecule has 1 aromatic carbocycles. The van der Waals surface area contributed by atoms with E-state index in [9.17, 15) is 18.0 Å². The number of nitrogens with one attached hydrogen (secondary N) is 2. The molecular weight excluding hydrogens is 632 g/mol. The Morgan fingerprint density at radius 2 is 1.93 bits per heavy atom. The number of thiazole rings is 1. The van der Waals surface area contributed by atoms with Crippen LogP contribution in [0.5, 0.6) is 0 Å². The topological polar surface area (TPSA) is 128 Å². The molecule has 2 aromatic heterocycles. The van der Waals surface area contributed by atoms with E-state index in [4.69, 9.17) is 9.72 Å². The van der Waals surface area contributed by atoms with Crippen LogP contribution in [0.4, 0.5) is 0 Å². The number of carbonyl (C=O) groups excluding carboxylic acids is 2. The number of sulfonamides is 1. The van der Waals surface area contributed by atoms with Gasteiger partial charge in [-0.3, -0.25) is 9.59 Å². The summed E-state index contributed by atoms with van der Waals surface area (Å²) in [5.74, 6) is -0.193. The highest BCUT2D eigenvalue weighted by Gasteiger charge is 2.40. The van der Waals surface area contributed by atoms with Gasteiger partial charge in [0.1, 0.15) is 5.03 Å². The van der Waals surface area contributed by atoms with Crippen LogP contribution < -0.4 is 5.32 Å². The number of fused-ring (bicyclic) bond motifs is 2. The van der Waals surface area contributed by atoms with Gasteiger partial charge in [0.25, 0.3) is 15.9 Å². The summed E-state index contributed by atoms with van der Waals surface area (Å²) < 4.78 is 35.2. The molecular formula is C27H33BrN6O5S2. The van der Waals surface area contributed by atoms with E-state index in [-0.39, 0.29) is 54.9 Å². The van der Waals surface area contributed by atoms with Crippen molar-refractivity contribution in [2.75, 3.05) is 45.9 Å². The number of halogens is 1. The van der Waals surface area contributed by atoms with Gasteiger partial charge in [0.05, 0.1) is 24.9 Å². The molecule has 6 rings (SSSR count). The number of aromatic nitrogens is 2. The third kappa shape index (κ3) is 5.57. The molecule has 0 aliphatic carbocycles. The highest BCUT2D eigenvalue weighted by atomic mass is 79.9. The molecule has 3 aliphatic heterocycles. The normalized spacial score (nSPS) is 24.0. The molecule has 41 heavy (non-hydrogen) atoms. The molecule has 5 heterocycles. The summed E-state index contributed by atoms with van der Waals surface area (Å²) in [7, 11) is -3.90. The summed E-state index contributed by atoms with van der Waals surface area (Å²) in [5.41, 5.74) is 1.66. The average molecular weight is 666 g/mol. The van der Waals surface area contributed by atoms with E-state index in [2.05, 4.69) is 40.1 Å². The SMILES string of the molecule is CC1NCc2sc(C(=O)N3CCN(S(=O)(=O)c4cc5cc(Br)ccc5[nH]4)CC3CC(=O)N3CCOCC3)nc2C1C. The number of ether oxygens (including phenoxy) is 1. The number of aromatic amines is 1. The first-order chi connectivity index (χ1) is 19.6. The third-order valence-electron chi connectivity index (χ3n) is 8.33. The maximum atomic E-state index is 13.9. The van der Waals surface area contributed by atoms with E-state index in [1.165, 1.54) is 15.6 Å². The van der Waals surface area contributed by atoms with Gasteiger partial charge < -0.3 is 24.8 Å². The molecule has 0 spiro atoms. The van der Waals surface area contributed by atoms with E-state index >= 15 is 0 Å². The van der Waals surface area contributed by atoms with Crippen LogP contribution in [0.3, 0.4) is 0 Å². The molecule has 14 heteroatoms. The third-order valence-corrected chi connectivity index (χ3v) is 11.7. The quantitative estimate of drug-likeness (QED) is 0.429. The second-order valence-electron chi connectivity index (χ2n) is 10.9. The summed E-state index contributed by atoms with van der Waals surface area (Å²) in [6.45, 7) is 7.06. The lowest BCUT2D eigenvalue weighted by molar-refractivity contribution is -0.136. The number of carbonyl (C=O) groups is 2. The predicted molar refractivity (Wildman–Crippen MR) is 158 cm³/mol. The Bertz CT molecular complexity index is 1580. The monoisotopic (exact) mass is 664 g/mol. The highest BCUT2D eigenvalue weighted by Crippen LogP contribution is 2.33. The van der Waals surface area contributed by atoms with Crippen LogP contribution in [-0.4, -0.2) is 102 Å². The largest absolute Gasteiger partial charge is 0.378 e. The van der Waals surface area contributed by atoms with E-state index in [1.807, 2.05) is 18.2 Å². The van der Waals surface area contributed by atoms with Gasteiger partial charge in [-0.1, -0.05) is 22.9 Å². The fourth-order valence-corrected chi connectivity index (χ4v) is 8.65. The molecule has 2 N–H and O–H groups in total. The lowest BCUT2D eigenvalue weighted by Crippen LogP contribution is -2.58. The van der Waals surface area contributed by atoms with Crippen LogP contribution >= 0.6 is 27.3 Å². The van der Waals surface area contributed by atoms with Gasteiger partial charge in [0, 0.05) is 77.9 Å². The van der Waals surface area contributed by atoms with Crippen LogP contribution in [0.25, 0.3) is 10.9 Å². The first kappa shape index (κ1) is 28.7. The van der Waals surface area contributed by atoms with Gasteiger partial charge >= 0.3 is 0 Å². The van der Waals surface area contributed by atoms with Crippen molar-refractivity contribution in [1.29, 1.82) is 0 Å². The van der Waals surface area contributed by atoms with Crippen LogP contribution in [0.15, 0.2) is 33.8 Å². The molecule has 3 atom stereocenters. The average Bonchev–Trinajstić information content (AvgIpc) is 3.60. The van der Waals surface area contributed by atoms with Crippen molar-refractivity contribution in [1.82, 2.24) is 29.4 Å². The Labute approximate surface area is 251 Å². The Kier molecular flexibility index (Phi) is 7.98. The number of hydrogen-bond donors (Lipinski definition) is 2. The van der Waals surface area contributed by atoms with Crippen molar-refractivity contribution in [3.8, 4) is 0 Å². The number of H-pyrrole nitrogens is 1. The van der Waals surface area contributed by atoms with Gasteiger partial charge in [-0.2, -0.15) is 4.31 Å². The van der Waals surface area contributed by atoms with Gasteiger partial charge in [-0.25, -0.2) is 13.4 Å². The number of nitrogens with zero attached hydrogens (tertiary/aromatic N) is 4. The molecule has 0 bridgehead atoms. The number of piperazine rings is 1. The molecule has 3 aliphatic rings. The minimum atomic E-state index is -3.90. The van der Waals surface area contributed by atoms with Crippen molar-refractivity contribution in [2.45, 2.75) is 49.8 Å². The summed E-state index contributed by atoms with van der Waals surface area (Å²) in [4.78, 5) is 39.4. The number of rotatable bonds is 5. The summed E-state index contributed by atoms with van der Waals surface area (Å²) >= 11 is 4.81. The van der Waals surface area contributed by atoms with Gasteiger partial charge in [0.15, 0.2) is 5.01 Å². The summed E-state index contributed by atoms with van der Waals surface area (Å²) in [5, 5.41) is 4.70. The summed E-state index contributed by atoms with van der Waals surface area (Å²) in [6.07, 6.45) is 0.0253. The standard InChI is InChI=1S/C27H33BrN6O5S2/c1-16-17(2)29-14-22-25(16)31-26(40-22)27(36)34-6-5-33(15-20(34)13-24(35)32-7-9-39-10-8-32)41(37,38)23-12-18-11-19(28)3-4-21(18)30-23/h3-4,11-12,16-17,20,29-30H,5-10,13-15H2,1-2H3. The smallest absolute Gasteiger partial charge is 0.283 e. The zero-order valence-electron chi connectivity index (χ0n) is 22.9. The molecule has 11 nitrogen and oxygen atoms in total. The predicted octanol–water partition coefficient (Wildman–Crippen LogP) is 2.75. The maximum Gasteiger partial charge on any atom is 0.283 e. The molecule has 0 saturated carbocycles. The maximum absolute atomic E-state index is 13.9. The Morgan fingerprint density at radius 3 is 2.71 bits per heavy atom. The minimum absolute atomic E-state index is 0.0172. The summed E-state index contributed by atoms with van der Waals surface area (Å²) in [6, 6.07) is 6.78. The molecule has 220 valence electrons. The van der Waals surface area contributed by atoms with E-state index in [0.717, 1.165) is 20.4 Å². The first-order valence-electron chi connectivity index (χ1n) is 13.8. The molecule has 2 saturated heterocycles. The molecule has 0 radical (unpaired) electrons. The molecule has 3 aromatic rings. The fraction of sp³-hybridized carbons (Fsp3) is 0.519. The van der Waals surface area contributed by atoms with Crippen molar-refractivity contribution in [3.63, 3.8) is 0 Å². The highest BCUT2D eigenvalue weighted by molar-refractivity contribution is 9.10. The van der Waals surface area contributed by atoms with E-state index in [0.29, 0.717) is 43.4 Å². The second kappa shape index (κ2) is 11.4. The molecule has 3 unspecified atom stereocenters. The van der Waals surface area contributed by atoms with E-state index in [1.54, 1.807) is 15.9 Å². The van der Waals surface area contributed by atoms with Crippen molar-refractivity contribution in [3.05, 3.63) is 44.3 Å². The van der Waals surface area contributed by atoms with Crippen LogP contribution in [0.2, 0.25) is 0 Å². The molecule has 2 amide bonds. The van der Waals surface area contributed by atoms with Crippen LogP contribution in [0, 0.1) is 0 Å². The Hall–Kier alpha value is -2.36. The minimum Gasteiger partial charge on any atom is -0.378 e. The molecule has 2 fully saturated rings. The number of hydrogen-bond acceptors (Lipinski definition) is 8. The number of amides is 2. The lowest BCUT2D eigenvalue weighted by Gasteiger charge is -2.41. The zero-order chi connectivity index (χ0) is 28.9. The van der Waals surface area contributed by atoms with Crippen LogP contribution in [0.1, 0.15) is 46.6 Å². The second-order valence-corrected chi connectivity index (χ2v) is 14.8. The van der Waals surface area contributed by atoms with E-state index < -0.39 is 16.1 Å². The van der Waals surface area contributed by atoms with Gasteiger partial charge in [-0.15, -0.1) is 11.3 Å². The first-order valence-corrected chi connectivity index (χ1v) is 16.8. The van der Waals surface area contributed by atoms with Gasteiger partial charge in [0.2, 0.25) is 5.91 Å². The zero-order valence-corrected chi connectivity index (χ0v) is 26.1. The van der Waals surface area contributed by atoms with Gasteiger partial charge in [-0.05, 0) is 31.2 Å². The number of morpholine rings is 1. The fourth-order valence-electron chi connectivity index (χ4n) is 5.71. The van der Waals surface area contributed by atoms with Crippen molar-refractivity contribution in [2.24, 2.45) is 0 Å². The Balaban J connectivity index is 1.27. The van der Waals surface area contributed by atoms with Crippen LogP contribution in [-0.2, 0) is 26.1 Å².